The molecule has 2 rings (SSSR count). The van der Waals surface area contributed by atoms with Gasteiger partial charge < -0.3 is 10.1 Å². The predicted octanol–water partition coefficient (Wildman–Crippen LogP) is 2.79. The Morgan fingerprint density at radius 3 is 2.95 bits per heavy atom. The molecule has 20 heavy (non-hydrogen) atoms. The number of hydrogen-bond acceptors (Lipinski definition) is 4. The molecule has 1 aromatic carbocycles. The topological polar surface area (TPSA) is 62.9 Å². The van der Waals surface area contributed by atoms with E-state index in [1.807, 2.05) is 22.9 Å². The van der Waals surface area contributed by atoms with E-state index in [0.29, 0.717) is 17.9 Å². The van der Waals surface area contributed by atoms with Gasteiger partial charge in [0.1, 0.15) is 11.8 Å². The summed E-state index contributed by atoms with van der Waals surface area (Å²) in [7, 11) is 1.60. The van der Waals surface area contributed by atoms with Crippen LogP contribution in [-0.2, 0) is 13.1 Å². The number of aromatic nitrogens is 2. The summed E-state index contributed by atoms with van der Waals surface area (Å²) < 4.78 is 7.27. The maximum Gasteiger partial charge on any atom is 0.143 e. The first kappa shape index (κ1) is 13.9. The Hall–Kier alpha value is -2.48. The lowest BCUT2D eigenvalue weighted by Gasteiger charge is -2.13. The summed E-state index contributed by atoms with van der Waals surface area (Å²) in [4.78, 5) is 0. The van der Waals surface area contributed by atoms with Crippen molar-refractivity contribution < 1.29 is 4.74 Å². The second kappa shape index (κ2) is 6.62. The van der Waals surface area contributed by atoms with Crippen LogP contribution < -0.4 is 10.1 Å². The van der Waals surface area contributed by atoms with Crippen LogP contribution in [0, 0.1) is 11.3 Å². The van der Waals surface area contributed by atoms with Crippen molar-refractivity contribution in [1.82, 2.24) is 9.78 Å². The Balaban J connectivity index is 2.18. The molecule has 5 nitrogen and oxygen atoms in total. The summed E-state index contributed by atoms with van der Waals surface area (Å²) in [6.07, 6.45) is 2.83. The number of aryl methyl sites for hydroxylation is 1. The van der Waals surface area contributed by atoms with E-state index in [-0.39, 0.29) is 0 Å². The summed E-state index contributed by atoms with van der Waals surface area (Å²) in [5, 5.41) is 16.7. The minimum atomic E-state index is 0.575. The second-order valence-electron chi connectivity index (χ2n) is 4.39. The first-order chi connectivity index (χ1) is 9.80. The SMILES string of the molecule is CCCn1nccc1CNc1c(C#N)cccc1OC. The van der Waals surface area contributed by atoms with Crippen molar-refractivity contribution in [3.63, 3.8) is 0 Å². The normalized spacial score (nSPS) is 10.1. The van der Waals surface area contributed by atoms with E-state index in [9.17, 15) is 5.26 Å². The number of nitriles is 1. The fourth-order valence-corrected chi connectivity index (χ4v) is 2.08. The molecule has 0 bridgehead atoms. The number of nitrogens with one attached hydrogen (secondary N) is 1. The minimum Gasteiger partial charge on any atom is -0.495 e. The van der Waals surface area contributed by atoms with Crippen LogP contribution in [-0.4, -0.2) is 16.9 Å². The average Bonchev–Trinajstić information content (AvgIpc) is 2.92. The van der Waals surface area contributed by atoms with Gasteiger partial charge >= 0.3 is 0 Å². The fraction of sp³-hybridized carbons (Fsp3) is 0.333. The van der Waals surface area contributed by atoms with E-state index in [2.05, 4.69) is 23.4 Å². The molecular formula is C15H18N4O. The molecule has 104 valence electrons. The molecule has 0 aliphatic rings. The summed E-state index contributed by atoms with van der Waals surface area (Å²) in [5.41, 5.74) is 2.38. The highest BCUT2D eigenvalue weighted by molar-refractivity contribution is 5.66. The molecule has 0 spiro atoms. The summed E-state index contributed by atoms with van der Waals surface area (Å²) in [6, 6.07) is 9.57. The molecule has 1 heterocycles. The van der Waals surface area contributed by atoms with Gasteiger partial charge in [0, 0.05) is 12.7 Å². The van der Waals surface area contributed by atoms with Crippen LogP contribution in [0.1, 0.15) is 24.6 Å². The summed E-state index contributed by atoms with van der Waals surface area (Å²) in [5.74, 6) is 0.672. The lowest BCUT2D eigenvalue weighted by atomic mass is 10.1. The van der Waals surface area contributed by atoms with E-state index in [1.165, 1.54) is 0 Å². The van der Waals surface area contributed by atoms with E-state index in [0.717, 1.165) is 24.3 Å². The fourth-order valence-electron chi connectivity index (χ4n) is 2.08. The van der Waals surface area contributed by atoms with Crippen molar-refractivity contribution >= 4 is 5.69 Å². The van der Waals surface area contributed by atoms with Crippen LogP contribution in [0.15, 0.2) is 30.5 Å². The summed E-state index contributed by atoms with van der Waals surface area (Å²) in [6.45, 7) is 3.61. The Kier molecular flexibility index (Phi) is 4.61. The van der Waals surface area contributed by atoms with Gasteiger partial charge in [0.2, 0.25) is 0 Å². The minimum absolute atomic E-state index is 0.575. The molecule has 1 aromatic heterocycles. The molecule has 0 amide bonds. The van der Waals surface area contributed by atoms with Gasteiger partial charge in [-0.1, -0.05) is 13.0 Å². The molecule has 5 heteroatoms. The van der Waals surface area contributed by atoms with Gasteiger partial charge in [0.15, 0.2) is 0 Å². The molecule has 0 aliphatic carbocycles. The van der Waals surface area contributed by atoms with Crippen molar-refractivity contribution in [1.29, 1.82) is 5.26 Å². The average molecular weight is 270 g/mol. The zero-order chi connectivity index (χ0) is 14.4. The number of methoxy groups -OCH3 is 1. The predicted molar refractivity (Wildman–Crippen MR) is 77.6 cm³/mol. The lowest BCUT2D eigenvalue weighted by molar-refractivity contribution is 0.416. The van der Waals surface area contributed by atoms with Gasteiger partial charge in [0.25, 0.3) is 0 Å². The summed E-state index contributed by atoms with van der Waals surface area (Å²) >= 11 is 0. The second-order valence-corrected chi connectivity index (χ2v) is 4.39. The number of rotatable bonds is 6. The first-order valence-electron chi connectivity index (χ1n) is 6.61. The van der Waals surface area contributed by atoms with Crippen molar-refractivity contribution in [3.8, 4) is 11.8 Å². The maximum absolute atomic E-state index is 9.17. The highest BCUT2D eigenvalue weighted by Gasteiger charge is 2.09. The molecular weight excluding hydrogens is 252 g/mol. The molecule has 0 saturated heterocycles. The molecule has 2 aromatic rings. The number of nitrogens with zero attached hydrogens (tertiary/aromatic N) is 3. The van der Waals surface area contributed by atoms with Crippen LogP contribution in [0.4, 0.5) is 5.69 Å². The van der Waals surface area contributed by atoms with E-state index in [4.69, 9.17) is 4.74 Å². The van der Waals surface area contributed by atoms with Gasteiger partial charge in [-0.2, -0.15) is 10.4 Å². The van der Waals surface area contributed by atoms with Crippen molar-refractivity contribution in [2.45, 2.75) is 26.4 Å². The van der Waals surface area contributed by atoms with Crippen molar-refractivity contribution in [2.75, 3.05) is 12.4 Å². The Bertz CT molecular complexity index is 613. The highest BCUT2D eigenvalue weighted by atomic mass is 16.5. The number of anilines is 1. The van der Waals surface area contributed by atoms with Gasteiger partial charge in [-0.15, -0.1) is 0 Å². The molecule has 0 atom stereocenters. The standard InChI is InChI=1S/C15H18N4O/c1-3-9-19-13(7-8-18-19)11-17-15-12(10-16)5-4-6-14(15)20-2/h4-8,17H,3,9,11H2,1-2H3. The molecule has 0 aliphatic heterocycles. The van der Waals surface area contributed by atoms with Crippen molar-refractivity contribution in [3.05, 3.63) is 41.7 Å². The van der Waals surface area contributed by atoms with E-state index >= 15 is 0 Å². The Morgan fingerprint density at radius 1 is 1.40 bits per heavy atom. The third kappa shape index (κ3) is 2.91. The highest BCUT2D eigenvalue weighted by Crippen LogP contribution is 2.28. The van der Waals surface area contributed by atoms with Gasteiger partial charge in [-0.05, 0) is 24.6 Å². The van der Waals surface area contributed by atoms with E-state index in [1.54, 1.807) is 19.4 Å². The van der Waals surface area contributed by atoms with Gasteiger partial charge in [0.05, 0.1) is 30.6 Å². The number of benzene rings is 1. The quantitative estimate of drug-likeness (QED) is 0.876. The third-order valence-corrected chi connectivity index (χ3v) is 3.05. The Labute approximate surface area is 118 Å². The van der Waals surface area contributed by atoms with Gasteiger partial charge in [-0.3, -0.25) is 4.68 Å². The number of ether oxygens (including phenoxy) is 1. The number of para-hydroxylation sites is 1. The molecule has 0 radical (unpaired) electrons. The first-order valence-corrected chi connectivity index (χ1v) is 6.61. The zero-order valence-corrected chi connectivity index (χ0v) is 11.8. The van der Waals surface area contributed by atoms with Crippen LogP contribution in [0.25, 0.3) is 0 Å². The van der Waals surface area contributed by atoms with E-state index < -0.39 is 0 Å². The molecule has 0 saturated carbocycles. The lowest BCUT2D eigenvalue weighted by Crippen LogP contribution is -2.10. The van der Waals surface area contributed by atoms with Crippen LogP contribution in [0.2, 0.25) is 0 Å². The monoisotopic (exact) mass is 270 g/mol. The van der Waals surface area contributed by atoms with Gasteiger partial charge in [-0.25, -0.2) is 0 Å². The zero-order valence-electron chi connectivity index (χ0n) is 11.8. The molecule has 0 fully saturated rings. The molecule has 0 unspecified atom stereocenters. The third-order valence-electron chi connectivity index (χ3n) is 3.05. The van der Waals surface area contributed by atoms with Crippen LogP contribution in [0.3, 0.4) is 0 Å². The van der Waals surface area contributed by atoms with Crippen LogP contribution >= 0.6 is 0 Å². The largest absolute Gasteiger partial charge is 0.495 e. The maximum atomic E-state index is 9.17. The van der Waals surface area contributed by atoms with Crippen LogP contribution in [0.5, 0.6) is 5.75 Å². The molecule has 1 N–H and O–H groups in total. The number of hydrogen-bond donors (Lipinski definition) is 1. The van der Waals surface area contributed by atoms with Crippen molar-refractivity contribution in [2.24, 2.45) is 0 Å². The Morgan fingerprint density at radius 2 is 2.25 bits per heavy atom. The smallest absolute Gasteiger partial charge is 0.143 e.